The van der Waals surface area contributed by atoms with Crippen molar-refractivity contribution in [1.82, 2.24) is 0 Å². The van der Waals surface area contributed by atoms with Crippen molar-refractivity contribution >= 4 is 37.7 Å². The third-order valence-electron chi connectivity index (χ3n) is 0. The molecule has 0 atom stereocenters. The molecule has 0 unspecified atom stereocenters. The molecule has 1 N–H and O–H groups in total. The first-order valence-electron chi connectivity index (χ1n) is 3.01. The second-order valence-corrected chi connectivity index (χ2v) is 0.894. The maximum atomic E-state index is 8.93. The minimum absolute atomic E-state index is 0. The van der Waals surface area contributed by atoms with Crippen LogP contribution in [0.1, 0.15) is 20.8 Å². The standard InChI is InChI=1S/C2H6O.2C2H5O.Ca/c3*1-2-3;/h3H,2H2,1H3;2*2H2,1H3;/q;2*-1;+2. The van der Waals surface area contributed by atoms with Gasteiger partial charge in [0.1, 0.15) is 0 Å². The molecule has 0 aliphatic heterocycles. The van der Waals surface area contributed by atoms with E-state index in [2.05, 4.69) is 0 Å². The topological polar surface area (TPSA) is 66.3 Å². The Balaban J connectivity index is -0.0000000257. The predicted molar refractivity (Wildman–Crippen MR) is 39.6 cm³/mol. The Morgan fingerprint density at radius 3 is 1.00 bits per heavy atom. The molecule has 0 aromatic heterocycles. The smallest absolute Gasteiger partial charge is 0.855 e. The third kappa shape index (κ3) is 466. The fraction of sp³-hybridized carbons (Fsp3) is 1.00. The molecule has 0 aromatic carbocycles. The van der Waals surface area contributed by atoms with Crippen molar-refractivity contribution in [2.75, 3.05) is 19.8 Å². The summed E-state index contributed by atoms with van der Waals surface area (Å²) >= 11 is 0. The van der Waals surface area contributed by atoms with Crippen LogP contribution in [0.4, 0.5) is 0 Å². The van der Waals surface area contributed by atoms with Gasteiger partial charge in [-0.1, -0.05) is 13.8 Å². The van der Waals surface area contributed by atoms with Crippen LogP contribution in [0.15, 0.2) is 0 Å². The van der Waals surface area contributed by atoms with Gasteiger partial charge in [0.15, 0.2) is 0 Å². The van der Waals surface area contributed by atoms with Gasteiger partial charge in [-0.15, -0.1) is 13.2 Å². The van der Waals surface area contributed by atoms with Crippen LogP contribution in [0.3, 0.4) is 0 Å². The van der Waals surface area contributed by atoms with E-state index in [4.69, 9.17) is 15.3 Å². The molecule has 0 bridgehead atoms. The number of rotatable bonds is 0. The zero-order valence-corrected chi connectivity index (χ0v) is 9.30. The van der Waals surface area contributed by atoms with Gasteiger partial charge < -0.3 is 15.3 Å². The van der Waals surface area contributed by atoms with E-state index < -0.39 is 0 Å². The molecule has 10 heavy (non-hydrogen) atoms. The Morgan fingerprint density at radius 1 is 1.00 bits per heavy atom. The first-order valence-corrected chi connectivity index (χ1v) is 3.01. The summed E-state index contributed by atoms with van der Waals surface area (Å²) in [6.07, 6.45) is 0. The minimum Gasteiger partial charge on any atom is -0.855 e. The molecule has 0 rings (SSSR count). The zero-order valence-electron chi connectivity index (χ0n) is 7.09. The fourth-order valence-electron chi connectivity index (χ4n) is 0. The molecule has 60 valence electrons. The molecule has 0 saturated carbocycles. The molecular formula is C6H16CaO3. The van der Waals surface area contributed by atoms with E-state index in [-0.39, 0.29) is 57.6 Å². The molecule has 0 aliphatic carbocycles. The molecule has 3 nitrogen and oxygen atoms in total. The van der Waals surface area contributed by atoms with E-state index in [0.29, 0.717) is 0 Å². The Hall–Kier alpha value is 1.14. The van der Waals surface area contributed by atoms with Crippen LogP contribution >= 0.6 is 0 Å². The molecule has 0 fully saturated rings. The summed E-state index contributed by atoms with van der Waals surface area (Å²) in [6.45, 7) is 5.07. The summed E-state index contributed by atoms with van der Waals surface area (Å²) in [5.74, 6) is 0. The maximum absolute atomic E-state index is 8.93. The van der Waals surface area contributed by atoms with Crippen molar-refractivity contribution in [1.29, 1.82) is 0 Å². The summed E-state index contributed by atoms with van der Waals surface area (Å²) < 4.78 is 0. The number of hydrogen-bond donors (Lipinski definition) is 1. The number of aliphatic hydroxyl groups is 1. The van der Waals surface area contributed by atoms with Gasteiger partial charge >= 0.3 is 37.7 Å². The maximum Gasteiger partial charge on any atom is 2.00 e. The van der Waals surface area contributed by atoms with E-state index in [1.54, 1.807) is 20.8 Å². The van der Waals surface area contributed by atoms with Gasteiger partial charge in [0, 0.05) is 6.61 Å². The van der Waals surface area contributed by atoms with Crippen LogP contribution in [0, 0.1) is 0 Å². The van der Waals surface area contributed by atoms with Gasteiger partial charge in [0.25, 0.3) is 0 Å². The molecule has 0 spiro atoms. The monoisotopic (exact) mass is 176 g/mol. The van der Waals surface area contributed by atoms with Gasteiger partial charge in [-0.05, 0) is 6.92 Å². The van der Waals surface area contributed by atoms with Crippen molar-refractivity contribution < 1.29 is 15.3 Å². The summed E-state index contributed by atoms with van der Waals surface area (Å²) in [5, 5.41) is 25.4. The Kier molecular flexibility index (Phi) is 111. The minimum atomic E-state index is 0. The van der Waals surface area contributed by atoms with Gasteiger partial charge in [-0.2, -0.15) is 0 Å². The summed E-state index contributed by atoms with van der Waals surface area (Å²) in [6, 6.07) is 0. The van der Waals surface area contributed by atoms with Gasteiger partial charge in [-0.3, -0.25) is 0 Å². The predicted octanol–water partition coefficient (Wildman–Crippen LogP) is -1.65. The Morgan fingerprint density at radius 2 is 1.00 bits per heavy atom. The van der Waals surface area contributed by atoms with Crippen molar-refractivity contribution in [3.05, 3.63) is 0 Å². The fourth-order valence-corrected chi connectivity index (χ4v) is 0. The first kappa shape index (κ1) is 22.5. The zero-order chi connectivity index (χ0) is 8.12. The number of aliphatic hydroxyl groups excluding tert-OH is 1. The van der Waals surface area contributed by atoms with Gasteiger partial charge in [-0.25, -0.2) is 0 Å². The summed E-state index contributed by atoms with van der Waals surface area (Å²) in [5.41, 5.74) is 0. The van der Waals surface area contributed by atoms with Crippen LogP contribution < -0.4 is 10.2 Å². The second kappa shape index (κ2) is 49.4. The molecule has 0 radical (unpaired) electrons. The van der Waals surface area contributed by atoms with Crippen LogP contribution in [-0.4, -0.2) is 62.7 Å². The van der Waals surface area contributed by atoms with Crippen LogP contribution in [-0.2, 0) is 0 Å². The average molecular weight is 176 g/mol. The summed E-state index contributed by atoms with van der Waals surface area (Å²) in [7, 11) is 0. The normalized spacial score (nSPS) is 5.40. The molecular weight excluding hydrogens is 160 g/mol. The molecule has 0 saturated heterocycles. The number of hydrogen-bond acceptors (Lipinski definition) is 3. The van der Waals surface area contributed by atoms with Crippen molar-refractivity contribution in [2.24, 2.45) is 0 Å². The van der Waals surface area contributed by atoms with E-state index >= 15 is 0 Å². The van der Waals surface area contributed by atoms with Crippen LogP contribution in [0.25, 0.3) is 0 Å². The van der Waals surface area contributed by atoms with E-state index in [9.17, 15) is 0 Å². The average Bonchev–Trinajstić information content (AvgIpc) is 1.70. The molecule has 0 aromatic rings. The van der Waals surface area contributed by atoms with Crippen LogP contribution in [0.2, 0.25) is 0 Å². The quantitative estimate of drug-likeness (QED) is 0.450. The van der Waals surface area contributed by atoms with Crippen LogP contribution in [0.5, 0.6) is 0 Å². The van der Waals surface area contributed by atoms with E-state index in [1.165, 1.54) is 0 Å². The Labute approximate surface area is 93.1 Å². The third-order valence-corrected chi connectivity index (χ3v) is 0. The molecule has 0 amide bonds. The van der Waals surface area contributed by atoms with E-state index in [1.807, 2.05) is 0 Å². The largest absolute Gasteiger partial charge is 2.00 e. The van der Waals surface area contributed by atoms with Crippen molar-refractivity contribution in [3.63, 3.8) is 0 Å². The SMILES string of the molecule is CCO.CC[O-].CC[O-].[Ca+2]. The van der Waals surface area contributed by atoms with Crippen molar-refractivity contribution in [2.45, 2.75) is 20.8 Å². The second-order valence-electron chi connectivity index (χ2n) is 0.894. The molecule has 4 heteroatoms. The Bertz CT molecular complexity index is 17.7. The van der Waals surface area contributed by atoms with Gasteiger partial charge in [0.05, 0.1) is 0 Å². The van der Waals surface area contributed by atoms with Crippen molar-refractivity contribution in [3.8, 4) is 0 Å². The van der Waals surface area contributed by atoms with E-state index in [0.717, 1.165) is 0 Å². The first-order chi connectivity index (χ1) is 4.24. The molecule has 0 heterocycles. The van der Waals surface area contributed by atoms with Gasteiger partial charge in [0.2, 0.25) is 0 Å². The molecule has 0 aliphatic rings. The summed E-state index contributed by atoms with van der Waals surface area (Å²) in [4.78, 5) is 0.